The molecule has 2 rings (SSSR count). The summed E-state index contributed by atoms with van der Waals surface area (Å²) in [6.45, 7) is 4.94. The Morgan fingerprint density at radius 1 is 1.18 bits per heavy atom. The largest absolute Gasteiger partial charge is 0.503 e. The lowest BCUT2D eigenvalue weighted by atomic mass is 10.1. The van der Waals surface area contributed by atoms with Gasteiger partial charge >= 0.3 is 0 Å². The lowest BCUT2D eigenvalue weighted by molar-refractivity contribution is 0.214. The van der Waals surface area contributed by atoms with Crippen LogP contribution in [0.1, 0.15) is 37.8 Å². The lowest BCUT2D eigenvalue weighted by Gasteiger charge is -2.27. The molecule has 0 aliphatic carbocycles. The van der Waals surface area contributed by atoms with Gasteiger partial charge in [-0.1, -0.05) is 6.42 Å². The van der Waals surface area contributed by atoms with Crippen molar-refractivity contribution in [3.8, 4) is 5.75 Å². The van der Waals surface area contributed by atoms with Crippen molar-refractivity contribution in [3.63, 3.8) is 0 Å². The fraction of sp³-hybridized carbons (Fsp3) is 0.706. The second kappa shape index (κ2) is 8.34. The fourth-order valence-corrected chi connectivity index (χ4v) is 3.00. The Morgan fingerprint density at radius 2 is 1.91 bits per heavy atom. The minimum atomic E-state index is -0.267. The number of aromatic hydroxyl groups is 1. The van der Waals surface area contributed by atoms with Gasteiger partial charge in [-0.15, -0.1) is 0 Å². The highest BCUT2D eigenvalue weighted by Gasteiger charge is 2.13. The molecule has 2 heterocycles. The van der Waals surface area contributed by atoms with Gasteiger partial charge in [-0.25, -0.2) is 0 Å². The molecule has 124 valence electrons. The predicted molar refractivity (Wildman–Crippen MR) is 89.3 cm³/mol. The predicted octanol–water partition coefficient (Wildman–Crippen LogP) is 1.88. The van der Waals surface area contributed by atoms with Crippen LogP contribution >= 0.6 is 0 Å². The number of piperidine rings is 1. The molecule has 5 heteroatoms. The summed E-state index contributed by atoms with van der Waals surface area (Å²) in [5.41, 5.74) is 0.756. The number of nitrogens with zero attached hydrogens (tertiary/aromatic N) is 3. The molecule has 0 amide bonds. The van der Waals surface area contributed by atoms with E-state index in [0.29, 0.717) is 0 Å². The van der Waals surface area contributed by atoms with Crippen LogP contribution in [0.25, 0.3) is 0 Å². The number of aromatic nitrogens is 1. The van der Waals surface area contributed by atoms with E-state index < -0.39 is 0 Å². The molecule has 22 heavy (non-hydrogen) atoms. The van der Waals surface area contributed by atoms with E-state index in [4.69, 9.17) is 0 Å². The maximum Gasteiger partial charge on any atom is 0.223 e. The number of pyridine rings is 1. The van der Waals surface area contributed by atoms with Crippen LogP contribution in [-0.4, -0.2) is 53.2 Å². The van der Waals surface area contributed by atoms with Gasteiger partial charge in [0.05, 0.1) is 6.20 Å². The summed E-state index contributed by atoms with van der Waals surface area (Å²) >= 11 is 0. The van der Waals surface area contributed by atoms with Crippen molar-refractivity contribution in [2.45, 2.75) is 45.2 Å². The Kier molecular flexibility index (Phi) is 6.46. The normalized spacial score (nSPS) is 16.3. The van der Waals surface area contributed by atoms with E-state index in [9.17, 15) is 9.90 Å². The average molecular weight is 307 g/mol. The summed E-state index contributed by atoms with van der Waals surface area (Å²) in [6.07, 6.45) is 7.56. The number of aryl methyl sites for hydroxylation is 1. The monoisotopic (exact) mass is 307 g/mol. The van der Waals surface area contributed by atoms with Gasteiger partial charge in [-0.3, -0.25) is 9.69 Å². The fourth-order valence-electron chi connectivity index (χ4n) is 3.00. The van der Waals surface area contributed by atoms with Gasteiger partial charge in [0.1, 0.15) is 0 Å². The summed E-state index contributed by atoms with van der Waals surface area (Å²) in [6, 6.07) is 1.61. The van der Waals surface area contributed by atoms with Gasteiger partial charge in [0.25, 0.3) is 0 Å². The number of hydrogen-bond donors (Lipinski definition) is 1. The summed E-state index contributed by atoms with van der Waals surface area (Å²) in [5, 5.41) is 9.72. The Morgan fingerprint density at radius 3 is 2.59 bits per heavy atom. The van der Waals surface area contributed by atoms with Crippen LogP contribution in [0.3, 0.4) is 0 Å². The molecule has 0 radical (unpaired) electrons. The first kappa shape index (κ1) is 17.0. The van der Waals surface area contributed by atoms with Crippen molar-refractivity contribution in [3.05, 3.63) is 28.2 Å². The Hall–Kier alpha value is -1.33. The molecule has 0 bridgehead atoms. The summed E-state index contributed by atoms with van der Waals surface area (Å²) < 4.78 is 2.06. The highest BCUT2D eigenvalue weighted by Crippen LogP contribution is 2.14. The first-order valence-corrected chi connectivity index (χ1v) is 8.35. The van der Waals surface area contributed by atoms with E-state index in [1.54, 1.807) is 12.3 Å². The molecule has 5 nitrogen and oxygen atoms in total. The van der Waals surface area contributed by atoms with Crippen LogP contribution in [-0.2, 0) is 13.1 Å². The number of unbranched alkanes of at least 4 members (excludes halogenated alkanes) is 1. The zero-order chi connectivity index (χ0) is 15.9. The van der Waals surface area contributed by atoms with Gasteiger partial charge in [-0.2, -0.15) is 0 Å². The minimum absolute atomic E-state index is 0.144. The maximum absolute atomic E-state index is 11.8. The van der Waals surface area contributed by atoms with E-state index in [2.05, 4.69) is 28.5 Å². The van der Waals surface area contributed by atoms with Crippen molar-refractivity contribution in [1.82, 2.24) is 14.4 Å². The maximum atomic E-state index is 11.8. The van der Waals surface area contributed by atoms with Crippen molar-refractivity contribution in [2.75, 3.05) is 33.7 Å². The Bertz CT molecular complexity index is 519. The average Bonchev–Trinajstić information content (AvgIpc) is 2.49. The minimum Gasteiger partial charge on any atom is -0.503 e. The number of hydrogen-bond acceptors (Lipinski definition) is 4. The van der Waals surface area contributed by atoms with Crippen LogP contribution in [0.2, 0.25) is 0 Å². The summed E-state index contributed by atoms with van der Waals surface area (Å²) in [5.74, 6) is -0.144. The lowest BCUT2D eigenvalue weighted by Crippen LogP contribution is -2.31. The van der Waals surface area contributed by atoms with E-state index in [0.717, 1.165) is 51.3 Å². The second-order valence-corrected chi connectivity index (χ2v) is 6.55. The molecule has 1 N–H and O–H groups in total. The van der Waals surface area contributed by atoms with Gasteiger partial charge in [0.15, 0.2) is 5.75 Å². The van der Waals surface area contributed by atoms with Crippen LogP contribution in [0.15, 0.2) is 17.1 Å². The molecular weight excluding hydrogens is 278 g/mol. The van der Waals surface area contributed by atoms with Gasteiger partial charge < -0.3 is 14.6 Å². The highest BCUT2D eigenvalue weighted by atomic mass is 16.3. The highest BCUT2D eigenvalue weighted by molar-refractivity contribution is 5.20. The van der Waals surface area contributed by atoms with E-state index in [1.807, 2.05) is 0 Å². The third-order valence-corrected chi connectivity index (χ3v) is 4.29. The van der Waals surface area contributed by atoms with Crippen LogP contribution in [0.5, 0.6) is 5.75 Å². The van der Waals surface area contributed by atoms with Crippen molar-refractivity contribution in [1.29, 1.82) is 0 Å². The zero-order valence-electron chi connectivity index (χ0n) is 13.9. The summed E-state index contributed by atoms with van der Waals surface area (Å²) in [7, 11) is 4.15. The third-order valence-electron chi connectivity index (χ3n) is 4.29. The molecule has 1 saturated heterocycles. The SMILES string of the molecule is CN(C)CCCCn1cc(O)c(=O)cc1CN1CCCCC1. The molecule has 0 saturated carbocycles. The standard InChI is InChI=1S/C17H29N3O2/c1-18(2)8-6-7-11-20-14-17(22)16(21)12-15(20)13-19-9-4-3-5-10-19/h12,14,22H,3-11,13H2,1-2H3. The molecule has 1 aromatic rings. The first-order chi connectivity index (χ1) is 10.6. The second-order valence-electron chi connectivity index (χ2n) is 6.55. The molecule has 1 fully saturated rings. The summed E-state index contributed by atoms with van der Waals surface area (Å²) in [4.78, 5) is 16.4. The van der Waals surface area contributed by atoms with Crippen molar-refractivity contribution in [2.24, 2.45) is 0 Å². The van der Waals surface area contributed by atoms with Crippen molar-refractivity contribution < 1.29 is 5.11 Å². The Balaban J connectivity index is 2.02. The smallest absolute Gasteiger partial charge is 0.223 e. The van der Waals surface area contributed by atoms with E-state index in [-0.39, 0.29) is 11.2 Å². The molecule has 0 unspecified atom stereocenters. The Labute approximate surface area is 133 Å². The van der Waals surface area contributed by atoms with Gasteiger partial charge in [-0.05, 0) is 59.4 Å². The third kappa shape index (κ3) is 5.14. The van der Waals surface area contributed by atoms with Crippen LogP contribution < -0.4 is 5.43 Å². The molecule has 1 aromatic heterocycles. The topological polar surface area (TPSA) is 48.7 Å². The quantitative estimate of drug-likeness (QED) is 0.782. The molecular formula is C17H29N3O2. The van der Waals surface area contributed by atoms with Crippen molar-refractivity contribution >= 4 is 0 Å². The molecule has 0 atom stereocenters. The number of likely N-dealkylation sites (tertiary alicyclic amines) is 1. The molecule has 1 aliphatic heterocycles. The first-order valence-electron chi connectivity index (χ1n) is 8.35. The number of rotatable bonds is 7. The van der Waals surface area contributed by atoms with E-state index >= 15 is 0 Å². The molecule has 0 spiro atoms. The molecule has 0 aromatic carbocycles. The zero-order valence-corrected chi connectivity index (χ0v) is 13.9. The van der Waals surface area contributed by atoms with Crippen LogP contribution in [0, 0.1) is 0 Å². The van der Waals surface area contributed by atoms with E-state index in [1.165, 1.54) is 19.3 Å². The van der Waals surface area contributed by atoms with Gasteiger partial charge in [0.2, 0.25) is 5.43 Å². The van der Waals surface area contributed by atoms with Crippen LogP contribution in [0.4, 0.5) is 0 Å². The van der Waals surface area contributed by atoms with Gasteiger partial charge in [0, 0.05) is 24.8 Å². The molecule has 1 aliphatic rings.